The molecule has 0 spiro atoms. The van der Waals surface area contributed by atoms with Gasteiger partial charge in [-0.2, -0.15) is 0 Å². The summed E-state index contributed by atoms with van der Waals surface area (Å²) in [4.78, 5) is 37.9. The standard InChI is InChI=1S/C20H23N3O3S/c24-17-10-27-16-2-1-14(6-15(16)21-17)18(25)22-23-19(26)20-7-11-3-12(8-20)5-13(4-11)9-20/h1-2,6,11-13H,3-5,7-10H2,(H,21,24)(H,22,25)(H,23,26). The van der Waals surface area contributed by atoms with E-state index in [-0.39, 0.29) is 23.1 Å². The highest BCUT2D eigenvalue weighted by atomic mass is 32.2. The third-order valence-electron chi connectivity index (χ3n) is 6.68. The monoisotopic (exact) mass is 385 g/mol. The van der Waals surface area contributed by atoms with Gasteiger partial charge in [0.05, 0.1) is 16.9 Å². The van der Waals surface area contributed by atoms with Gasteiger partial charge in [-0.05, 0) is 74.5 Å². The molecule has 5 aliphatic rings. The van der Waals surface area contributed by atoms with E-state index in [0.717, 1.165) is 24.2 Å². The van der Waals surface area contributed by atoms with E-state index in [0.29, 0.717) is 34.8 Å². The molecule has 7 heteroatoms. The first-order chi connectivity index (χ1) is 13.0. The summed E-state index contributed by atoms with van der Waals surface area (Å²) >= 11 is 1.45. The normalized spacial score (nSPS) is 33.2. The Labute approximate surface area is 162 Å². The molecule has 4 fully saturated rings. The molecule has 0 radical (unpaired) electrons. The first kappa shape index (κ1) is 17.1. The highest BCUT2D eigenvalue weighted by Crippen LogP contribution is 2.60. The molecule has 6 nitrogen and oxygen atoms in total. The van der Waals surface area contributed by atoms with Crippen LogP contribution in [0.2, 0.25) is 0 Å². The van der Waals surface area contributed by atoms with E-state index in [9.17, 15) is 14.4 Å². The van der Waals surface area contributed by atoms with E-state index < -0.39 is 0 Å². The van der Waals surface area contributed by atoms with Crippen molar-refractivity contribution in [3.05, 3.63) is 23.8 Å². The van der Waals surface area contributed by atoms with Gasteiger partial charge in [-0.1, -0.05) is 0 Å². The number of hydrogen-bond donors (Lipinski definition) is 3. The molecule has 4 bridgehead atoms. The van der Waals surface area contributed by atoms with Gasteiger partial charge in [0.2, 0.25) is 11.8 Å². The fourth-order valence-corrected chi connectivity index (χ4v) is 6.72. The topological polar surface area (TPSA) is 87.3 Å². The van der Waals surface area contributed by atoms with E-state index in [1.165, 1.54) is 31.0 Å². The van der Waals surface area contributed by atoms with Crippen molar-refractivity contribution in [1.29, 1.82) is 0 Å². The minimum Gasteiger partial charge on any atom is -0.324 e. The summed E-state index contributed by atoms with van der Waals surface area (Å²) < 4.78 is 0. The van der Waals surface area contributed by atoms with Crippen LogP contribution in [0.25, 0.3) is 0 Å². The second-order valence-corrected chi connectivity index (χ2v) is 9.67. The lowest BCUT2D eigenvalue weighted by molar-refractivity contribution is -0.147. The van der Waals surface area contributed by atoms with Gasteiger partial charge in [0.1, 0.15) is 0 Å². The minimum atomic E-state index is -0.360. The highest BCUT2D eigenvalue weighted by Gasteiger charge is 2.54. The summed E-state index contributed by atoms with van der Waals surface area (Å²) in [6, 6.07) is 5.20. The maximum atomic E-state index is 12.9. The van der Waals surface area contributed by atoms with Crippen LogP contribution in [0.3, 0.4) is 0 Å². The van der Waals surface area contributed by atoms with Crippen molar-refractivity contribution in [3.63, 3.8) is 0 Å². The Morgan fingerprint density at radius 1 is 1.04 bits per heavy atom. The largest absolute Gasteiger partial charge is 0.324 e. The van der Waals surface area contributed by atoms with E-state index >= 15 is 0 Å². The molecular formula is C20H23N3O3S. The summed E-state index contributed by atoms with van der Waals surface area (Å²) in [6.45, 7) is 0. The van der Waals surface area contributed by atoms with Crippen molar-refractivity contribution in [2.24, 2.45) is 23.2 Å². The zero-order valence-electron chi connectivity index (χ0n) is 15.0. The number of amides is 3. The van der Waals surface area contributed by atoms with Crippen LogP contribution in [0.15, 0.2) is 23.1 Å². The number of fused-ring (bicyclic) bond motifs is 1. The molecule has 6 rings (SSSR count). The number of hydrazine groups is 1. The quantitative estimate of drug-likeness (QED) is 0.683. The fraction of sp³-hybridized carbons (Fsp3) is 0.550. The number of carbonyl (C=O) groups excluding carboxylic acids is 3. The number of thioether (sulfide) groups is 1. The number of benzene rings is 1. The van der Waals surface area contributed by atoms with Gasteiger partial charge in [0.15, 0.2) is 0 Å². The summed E-state index contributed by atoms with van der Waals surface area (Å²) in [5.41, 5.74) is 6.06. The van der Waals surface area contributed by atoms with Crippen LogP contribution in [0.4, 0.5) is 5.69 Å². The Morgan fingerprint density at radius 3 is 2.37 bits per heavy atom. The Hall–Kier alpha value is -2.02. The molecule has 0 unspecified atom stereocenters. The maximum absolute atomic E-state index is 12.9. The van der Waals surface area contributed by atoms with Gasteiger partial charge >= 0.3 is 0 Å². The summed E-state index contributed by atoms with van der Waals surface area (Å²) in [7, 11) is 0. The molecule has 3 amide bonds. The van der Waals surface area contributed by atoms with Crippen LogP contribution in [-0.4, -0.2) is 23.5 Å². The number of nitrogens with one attached hydrogen (secondary N) is 3. The molecule has 1 heterocycles. The van der Waals surface area contributed by atoms with E-state index in [2.05, 4.69) is 16.2 Å². The van der Waals surface area contributed by atoms with Crippen LogP contribution >= 0.6 is 11.8 Å². The average Bonchev–Trinajstić information content (AvgIpc) is 2.64. The SMILES string of the molecule is O=C1CSc2ccc(C(=O)NNC(=O)C34CC5CC(CC(C5)C3)C4)cc2N1. The summed E-state index contributed by atoms with van der Waals surface area (Å²) in [5.74, 6) is 1.97. The zero-order valence-corrected chi connectivity index (χ0v) is 15.9. The Balaban J connectivity index is 1.25. The zero-order chi connectivity index (χ0) is 18.6. The van der Waals surface area contributed by atoms with Gasteiger partial charge in [-0.25, -0.2) is 0 Å². The predicted octanol–water partition coefficient (Wildman–Crippen LogP) is 2.71. The molecule has 1 aromatic rings. The molecule has 4 aliphatic carbocycles. The van der Waals surface area contributed by atoms with Gasteiger partial charge in [-0.3, -0.25) is 25.2 Å². The Kier molecular flexibility index (Phi) is 3.96. The van der Waals surface area contributed by atoms with E-state index in [4.69, 9.17) is 0 Å². The molecule has 0 aromatic heterocycles. The van der Waals surface area contributed by atoms with Crippen molar-refractivity contribution in [2.45, 2.75) is 43.4 Å². The lowest BCUT2D eigenvalue weighted by Gasteiger charge is -2.55. The van der Waals surface area contributed by atoms with Crippen LogP contribution in [0.1, 0.15) is 48.9 Å². The van der Waals surface area contributed by atoms with Gasteiger partial charge in [0, 0.05) is 10.5 Å². The number of rotatable bonds is 2. The molecule has 1 aromatic carbocycles. The third-order valence-corrected chi connectivity index (χ3v) is 7.76. The van der Waals surface area contributed by atoms with Crippen molar-refractivity contribution in [3.8, 4) is 0 Å². The predicted molar refractivity (Wildman–Crippen MR) is 102 cm³/mol. The van der Waals surface area contributed by atoms with E-state index in [1.807, 2.05) is 6.07 Å². The van der Waals surface area contributed by atoms with Crippen LogP contribution in [0, 0.1) is 23.2 Å². The smallest absolute Gasteiger partial charge is 0.269 e. The Bertz CT molecular complexity index is 802. The molecule has 27 heavy (non-hydrogen) atoms. The van der Waals surface area contributed by atoms with Crippen molar-refractivity contribution in [2.75, 3.05) is 11.1 Å². The molecule has 142 valence electrons. The van der Waals surface area contributed by atoms with Gasteiger partial charge in [0.25, 0.3) is 5.91 Å². The molecule has 3 N–H and O–H groups in total. The number of carbonyl (C=O) groups is 3. The maximum Gasteiger partial charge on any atom is 0.269 e. The summed E-state index contributed by atoms with van der Waals surface area (Å²) in [5, 5.41) is 2.78. The molecular weight excluding hydrogens is 362 g/mol. The Morgan fingerprint density at radius 2 is 1.70 bits per heavy atom. The first-order valence-corrected chi connectivity index (χ1v) is 10.7. The van der Waals surface area contributed by atoms with Gasteiger partial charge < -0.3 is 5.32 Å². The van der Waals surface area contributed by atoms with Crippen molar-refractivity contribution >= 4 is 35.2 Å². The second kappa shape index (κ2) is 6.26. The number of hydrogen-bond acceptors (Lipinski definition) is 4. The molecule has 1 aliphatic heterocycles. The van der Waals surface area contributed by atoms with Crippen molar-refractivity contribution in [1.82, 2.24) is 10.9 Å². The third kappa shape index (κ3) is 3.02. The molecule has 0 atom stereocenters. The number of anilines is 1. The summed E-state index contributed by atoms with van der Waals surface area (Å²) in [6.07, 6.45) is 6.71. The first-order valence-electron chi connectivity index (χ1n) is 9.68. The second-order valence-electron chi connectivity index (χ2n) is 8.65. The van der Waals surface area contributed by atoms with Crippen LogP contribution in [-0.2, 0) is 9.59 Å². The highest BCUT2D eigenvalue weighted by molar-refractivity contribution is 8.00. The van der Waals surface area contributed by atoms with Crippen LogP contribution < -0.4 is 16.2 Å². The lowest BCUT2D eigenvalue weighted by atomic mass is 9.49. The van der Waals surface area contributed by atoms with Crippen LogP contribution in [0.5, 0.6) is 0 Å². The lowest BCUT2D eigenvalue weighted by Crippen LogP contribution is -2.56. The minimum absolute atomic E-state index is 0.0308. The van der Waals surface area contributed by atoms with Gasteiger partial charge in [-0.15, -0.1) is 11.8 Å². The molecule has 4 saturated carbocycles. The fourth-order valence-electron chi connectivity index (χ4n) is 5.93. The van der Waals surface area contributed by atoms with E-state index in [1.54, 1.807) is 12.1 Å². The molecule has 0 saturated heterocycles. The average molecular weight is 385 g/mol. The van der Waals surface area contributed by atoms with Crippen molar-refractivity contribution < 1.29 is 14.4 Å².